The van der Waals surface area contributed by atoms with E-state index >= 15 is 0 Å². The predicted octanol–water partition coefficient (Wildman–Crippen LogP) is 1.71. The third-order valence-corrected chi connectivity index (χ3v) is 2.51. The molecule has 0 atom stereocenters. The van der Waals surface area contributed by atoms with Crippen LogP contribution in [-0.4, -0.2) is 42.5 Å². The van der Waals surface area contributed by atoms with Crippen LogP contribution >= 0.6 is 0 Å². The maximum Gasteiger partial charge on any atom is 0.320 e. The molecule has 0 radical (unpaired) electrons. The summed E-state index contributed by atoms with van der Waals surface area (Å²) in [6, 6.07) is 0.145. The summed E-state index contributed by atoms with van der Waals surface area (Å²) in [4.78, 5) is 15.3. The van der Waals surface area contributed by atoms with Crippen molar-refractivity contribution in [2.45, 2.75) is 20.3 Å². The zero-order valence-electron chi connectivity index (χ0n) is 8.71. The van der Waals surface area contributed by atoms with Crippen LogP contribution in [0.3, 0.4) is 0 Å². The van der Waals surface area contributed by atoms with Crippen LogP contribution in [0.4, 0.5) is 4.79 Å². The van der Waals surface area contributed by atoms with E-state index in [4.69, 9.17) is 0 Å². The molecule has 3 heteroatoms. The summed E-state index contributed by atoms with van der Waals surface area (Å²) < 4.78 is 0. The van der Waals surface area contributed by atoms with Gasteiger partial charge in [0.1, 0.15) is 0 Å². The normalized spacial score (nSPS) is 16.8. The lowest BCUT2D eigenvalue weighted by Crippen LogP contribution is -2.42. The number of amides is 2. The van der Waals surface area contributed by atoms with E-state index in [0.717, 1.165) is 26.1 Å². The minimum atomic E-state index is 0.145. The van der Waals surface area contributed by atoms with E-state index in [1.54, 1.807) is 4.90 Å². The molecule has 0 N–H and O–H groups in total. The van der Waals surface area contributed by atoms with E-state index in [1.807, 2.05) is 18.9 Å². The second-order valence-corrected chi connectivity index (χ2v) is 3.54. The van der Waals surface area contributed by atoms with Crippen molar-refractivity contribution in [1.29, 1.82) is 0 Å². The van der Waals surface area contributed by atoms with Crippen molar-refractivity contribution in [3.63, 3.8) is 0 Å². The summed E-state index contributed by atoms with van der Waals surface area (Å²) in [5.74, 6) is 0. The molecule has 0 saturated carbocycles. The molecule has 3 nitrogen and oxygen atoms in total. The first-order chi connectivity index (χ1) is 6.15. The molecule has 0 bridgehead atoms. The van der Waals surface area contributed by atoms with Crippen LogP contribution in [-0.2, 0) is 0 Å². The van der Waals surface area contributed by atoms with Gasteiger partial charge in [-0.05, 0) is 20.3 Å². The van der Waals surface area contributed by atoms with Gasteiger partial charge in [-0.1, -0.05) is 11.6 Å². The van der Waals surface area contributed by atoms with Crippen molar-refractivity contribution in [2.24, 2.45) is 0 Å². The van der Waals surface area contributed by atoms with Gasteiger partial charge >= 0.3 is 6.03 Å². The Morgan fingerprint density at radius 3 is 2.85 bits per heavy atom. The molecule has 13 heavy (non-hydrogen) atoms. The zero-order chi connectivity index (χ0) is 9.84. The molecule has 0 aromatic rings. The fourth-order valence-corrected chi connectivity index (χ4v) is 1.32. The Hall–Kier alpha value is -0.990. The molecule has 1 aliphatic rings. The van der Waals surface area contributed by atoms with Crippen molar-refractivity contribution in [1.82, 2.24) is 9.80 Å². The summed E-state index contributed by atoms with van der Waals surface area (Å²) in [5.41, 5.74) is 1.39. The van der Waals surface area contributed by atoms with Crippen molar-refractivity contribution in [2.75, 3.05) is 26.7 Å². The highest BCUT2D eigenvalue weighted by molar-refractivity contribution is 5.74. The van der Waals surface area contributed by atoms with E-state index in [-0.39, 0.29) is 6.03 Å². The van der Waals surface area contributed by atoms with Gasteiger partial charge in [-0.3, -0.25) is 0 Å². The number of hydrogen-bond donors (Lipinski definition) is 0. The summed E-state index contributed by atoms with van der Waals surface area (Å²) >= 11 is 0. The zero-order valence-corrected chi connectivity index (χ0v) is 8.71. The molecule has 1 aliphatic heterocycles. The molecular weight excluding hydrogens is 164 g/mol. The smallest absolute Gasteiger partial charge is 0.320 e. The summed E-state index contributed by atoms with van der Waals surface area (Å²) in [5, 5.41) is 0. The first kappa shape index (κ1) is 10.1. The van der Waals surface area contributed by atoms with Gasteiger partial charge in [-0.2, -0.15) is 0 Å². The van der Waals surface area contributed by atoms with Gasteiger partial charge in [-0.15, -0.1) is 0 Å². The van der Waals surface area contributed by atoms with Crippen LogP contribution in [0.15, 0.2) is 11.6 Å². The van der Waals surface area contributed by atoms with Crippen molar-refractivity contribution >= 4 is 6.03 Å². The van der Waals surface area contributed by atoms with Gasteiger partial charge < -0.3 is 9.80 Å². The first-order valence-electron chi connectivity index (χ1n) is 4.80. The second-order valence-electron chi connectivity index (χ2n) is 3.54. The van der Waals surface area contributed by atoms with E-state index in [2.05, 4.69) is 13.0 Å². The van der Waals surface area contributed by atoms with Gasteiger partial charge in [0.05, 0.1) is 0 Å². The van der Waals surface area contributed by atoms with Crippen molar-refractivity contribution < 1.29 is 4.79 Å². The van der Waals surface area contributed by atoms with E-state index in [9.17, 15) is 4.79 Å². The fraction of sp³-hybridized carbons (Fsp3) is 0.700. The lowest BCUT2D eigenvalue weighted by Gasteiger charge is -2.29. The number of carbonyl (C=O) groups is 1. The summed E-state index contributed by atoms with van der Waals surface area (Å²) in [6.07, 6.45) is 3.15. The Morgan fingerprint density at radius 2 is 2.38 bits per heavy atom. The fourth-order valence-electron chi connectivity index (χ4n) is 1.32. The minimum absolute atomic E-state index is 0.145. The predicted molar refractivity (Wildman–Crippen MR) is 53.6 cm³/mol. The Labute approximate surface area is 80.0 Å². The van der Waals surface area contributed by atoms with Gasteiger partial charge in [-0.25, -0.2) is 4.79 Å². The lowest BCUT2D eigenvalue weighted by atomic mass is 10.1. The standard InChI is InChI=1S/C10H18N2O/c1-4-11(3)10(13)12-7-5-9(2)6-8-12/h5H,4,6-8H2,1-3H3. The van der Waals surface area contributed by atoms with Crippen LogP contribution in [0.1, 0.15) is 20.3 Å². The first-order valence-corrected chi connectivity index (χ1v) is 4.80. The molecular formula is C10H18N2O. The van der Waals surface area contributed by atoms with Crippen molar-refractivity contribution in [3.05, 3.63) is 11.6 Å². The molecule has 0 aromatic carbocycles. The summed E-state index contributed by atoms with van der Waals surface area (Å²) in [6.45, 7) is 6.52. The second kappa shape index (κ2) is 4.30. The number of nitrogens with zero attached hydrogens (tertiary/aromatic N) is 2. The third kappa shape index (κ3) is 2.47. The molecule has 1 heterocycles. The van der Waals surface area contributed by atoms with E-state index in [0.29, 0.717) is 0 Å². The molecule has 0 spiro atoms. The number of urea groups is 1. The van der Waals surface area contributed by atoms with Crippen LogP contribution < -0.4 is 0 Å². The van der Waals surface area contributed by atoms with Crippen LogP contribution in [0, 0.1) is 0 Å². The van der Waals surface area contributed by atoms with Crippen LogP contribution in [0.2, 0.25) is 0 Å². The molecule has 0 aromatic heterocycles. The van der Waals surface area contributed by atoms with Crippen LogP contribution in [0.5, 0.6) is 0 Å². The highest BCUT2D eigenvalue weighted by Crippen LogP contribution is 2.10. The molecule has 0 aliphatic carbocycles. The maximum atomic E-state index is 11.7. The monoisotopic (exact) mass is 182 g/mol. The molecule has 2 amide bonds. The SMILES string of the molecule is CCN(C)C(=O)N1CC=C(C)CC1. The summed E-state index contributed by atoms with van der Waals surface area (Å²) in [7, 11) is 1.84. The Balaban J connectivity index is 2.50. The molecule has 0 unspecified atom stereocenters. The minimum Gasteiger partial charge on any atom is -0.328 e. The van der Waals surface area contributed by atoms with E-state index in [1.165, 1.54) is 5.57 Å². The average Bonchev–Trinajstić information content (AvgIpc) is 2.17. The highest BCUT2D eigenvalue weighted by Gasteiger charge is 2.17. The Bertz CT molecular complexity index is 223. The average molecular weight is 182 g/mol. The number of rotatable bonds is 1. The van der Waals surface area contributed by atoms with Crippen molar-refractivity contribution in [3.8, 4) is 0 Å². The van der Waals surface area contributed by atoms with Gasteiger partial charge in [0, 0.05) is 26.7 Å². The third-order valence-electron chi connectivity index (χ3n) is 2.51. The number of hydrogen-bond acceptors (Lipinski definition) is 1. The maximum absolute atomic E-state index is 11.7. The van der Waals surface area contributed by atoms with Gasteiger partial charge in [0.25, 0.3) is 0 Å². The molecule has 1 rings (SSSR count). The van der Waals surface area contributed by atoms with Gasteiger partial charge in [0.15, 0.2) is 0 Å². The molecule has 74 valence electrons. The van der Waals surface area contributed by atoms with Gasteiger partial charge in [0.2, 0.25) is 0 Å². The van der Waals surface area contributed by atoms with E-state index < -0.39 is 0 Å². The number of carbonyl (C=O) groups excluding carboxylic acids is 1. The Kier molecular flexibility index (Phi) is 3.34. The quantitative estimate of drug-likeness (QED) is 0.566. The lowest BCUT2D eigenvalue weighted by molar-refractivity contribution is 0.168. The molecule has 0 saturated heterocycles. The highest BCUT2D eigenvalue weighted by atomic mass is 16.2. The van der Waals surface area contributed by atoms with Crippen LogP contribution in [0.25, 0.3) is 0 Å². The Morgan fingerprint density at radius 1 is 1.69 bits per heavy atom. The topological polar surface area (TPSA) is 23.6 Å². The largest absolute Gasteiger partial charge is 0.328 e. The molecule has 0 fully saturated rings.